The number of carbonyl (C=O) groups excluding carboxylic acids is 1. The van der Waals surface area contributed by atoms with Crippen molar-refractivity contribution in [1.29, 1.82) is 0 Å². The average Bonchev–Trinajstić information content (AvgIpc) is 2.75. The molecule has 1 aromatic rings. The second-order valence-electron chi connectivity index (χ2n) is 5.06. The fourth-order valence-corrected chi connectivity index (χ4v) is 3.06. The Hall–Kier alpha value is -0.930. The van der Waals surface area contributed by atoms with Crippen LogP contribution in [0, 0.1) is 0 Å². The van der Waals surface area contributed by atoms with E-state index in [1.165, 1.54) is 0 Å². The molecule has 0 aromatic heterocycles. The van der Waals surface area contributed by atoms with Crippen molar-refractivity contribution in [2.75, 3.05) is 5.73 Å². The Kier molecular flexibility index (Phi) is 4.26. The maximum absolute atomic E-state index is 12.6. The van der Waals surface area contributed by atoms with Gasteiger partial charge in [0.05, 0.1) is 15.7 Å². The smallest absolute Gasteiger partial charge is 0.254 e. The molecule has 0 saturated carbocycles. The van der Waals surface area contributed by atoms with Crippen LogP contribution in [0.3, 0.4) is 0 Å². The van der Waals surface area contributed by atoms with Gasteiger partial charge in [0.1, 0.15) is 0 Å². The van der Waals surface area contributed by atoms with Gasteiger partial charge in [0.15, 0.2) is 0 Å². The Balaban J connectivity index is 2.34. The molecule has 5 heteroatoms. The van der Waals surface area contributed by atoms with Crippen molar-refractivity contribution in [3.8, 4) is 0 Å². The van der Waals surface area contributed by atoms with Crippen molar-refractivity contribution in [2.45, 2.75) is 45.2 Å². The largest absolute Gasteiger partial charge is 0.397 e. The third kappa shape index (κ3) is 2.67. The number of hydrogen-bond donors (Lipinski definition) is 1. The first-order valence-electron chi connectivity index (χ1n) is 6.52. The summed E-state index contributed by atoms with van der Waals surface area (Å²) in [6.45, 7) is 4.18. The van der Waals surface area contributed by atoms with Crippen LogP contribution < -0.4 is 5.73 Å². The van der Waals surface area contributed by atoms with Crippen molar-refractivity contribution in [1.82, 2.24) is 4.90 Å². The van der Waals surface area contributed by atoms with Crippen LogP contribution in [-0.4, -0.2) is 22.9 Å². The minimum atomic E-state index is -0.0119. The number of hydrogen-bond acceptors (Lipinski definition) is 2. The second kappa shape index (κ2) is 5.59. The summed E-state index contributed by atoms with van der Waals surface area (Å²) in [5.74, 6) is -0.0119. The molecular formula is C14H18Cl2N2O. The number of benzene rings is 1. The fraction of sp³-hybridized carbons (Fsp3) is 0.500. The van der Waals surface area contributed by atoms with E-state index in [9.17, 15) is 4.79 Å². The summed E-state index contributed by atoms with van der Waals surface area (Å²) in [5, 5.41) is 0.629. The zero-order chi connectivity index (χ0) is 14.2. The Labute approximate surface area is 123 Å². The second-order valence-corrected chi connectivity index (χ2v) is 5.85. The Bertz CT molecular complexity index is 481. The molecule has 1 saturated heterocycles. The molecule has 1 aromatic carbocycles. The number of halogens is 2. The molecule has 1 aliphatic rings. The number of anilines is 1. The van der Waals surface area contributed by atoms with Crippen LogP contribution in [0.15, 0.2) is 12.1 Å². The Morgan fingerprint density at radius 3 is 2.68 bits per heavy atom. The minimum Gasteiger partial charge on any atom is -0.397 e. The number of likely N-dealkylation sites (tertiary alicyclic amines) is 1. The standard InChI is InChI=1S/C14H18Cl2N2O/c1-3-10-5-4-8(2)18(10)14(19)9-6-11(15)13(16)12(17)7-9/h6-8,10H,3-5,17H2,1-2H3. The van der Waals surface area contributed by atoms with E-state index in [-0.39, 0.29) is 11.9 Å². The van der Waals surface area contributed by atoms with Crippen molar-refractivity contribution in [2.24, 2.45) is 0 Å². The molecule has 3 nitrogen and oxygen atoms in total. The molecule has 1 aliphatic heterocycles. The Morgan fingerprint density at radius 1 is 1.42 bits per heavy atom. The van der Waals surface area contributed by atoms with Crippen LogP contribution in [0.2, 0.25) is 10.0 Å². The molecule has 2 rings (SSSR count). The highest BCUT2D eigenvalue weighted by molar-refractivity contribution is 6.43. The van der Waals surface area contributed by atoms with Gasteiger partial charge in [-0.05, 0) is 38.3 Å². The zero-order valence-corrected chi connectivity index (χ0v) is 12.6. The first kappa shape index (κ1) is 14.5. The van der Waals surface area contributed by atoms with Crippen molar-refractivity contribution >= 4 is 34.8 Å². The molecule has 104 valence electrons. The van der Waals surface area contributed by atoms with Gasteiger partial charge in [0.25, 0.3) is 5.91 Å². The molecule has 1 amide bonds. The third-order valence-electron chi connectivity index (χ3n) is 3.79. The fourth-order valence-electron chi connectivity index (χ4n) is 2.72. The van der Waals surface area contributed by atoms with E-state index < -0.39 is 0 Å². The topological polar surface area (TPSA) is 46.3 Å². The number of rotatable bonds is 2. The molecule has 1 heterocycles. The molecule has 2 atom stereocenters. The molecule has 2 N–H and O–H groups in total. The van der Waals surface area contributed by atoms with E-state index in [4.69, 9.17) is 28.9 Å². The summed E-state index contributed by atoms with van der Waals surface area (Å²) in [6, 6.07) is 3.76. The zero-order valence-electron chi connectivity index (χ0n) is 11.1. The molecule has 0 radical (unpaired) electrons. The molecule has 0 bridgehead atoms. The SMILES string of the molecule is CCC1CCC(C)N1C(=O)c1cc(N)c(Cl)c(Cl)c1. The third-order valence-corrected chi connectivity index (χ3v) is 4.61. The minimum absolute atomic E-state index is 0.0119. The van der Waals surface area contributed by atoms with Gasteiger partial charge in [-0.1, -0.05) is 30.1 Å². The highest BCUT2D eigenvalue weighted by Crippen LogP contribution is 2.32. The summed E-state index contributed by atoms with van der Waals surface area (Å²) >= 11 is 11.9. The normalized spacial score (nSPS) is 22.8. The lowest BCUT2D eigenvalue weighted by molar-refractivity contribution is 0.0676. The first-order valence-corrected chi connectivity index (χ1v) is 7.28. The lowest BCUT2D eigenvalue weighted by atomic mass is 10.1. The first-order chi connectivity index (χ1) is 8.95. The molecule has 2 unspecified atom stereocenters. The highest BCUT2D eigenvalue weighted by Gasteiger charge is 2.33. The molecular weight excluding hydrogens is 283 g/mol. The van der Waals surface area contributed by atoms with Crippen molar-refractivity contribution in [3.63, 3.8) is 0 Å². The van der Waals surface area contributed by atoms with Crippen LogP contribution >= 0.6 is 23.2 Å². The van der Waals surface area contributed by atoms with Crippen LogP contribution in [0.5, 0.6) is 0 Å². The monoisotopic (exact) mass is 300 g/mol. The molecule has 1 fully saturated rings. The van der Waals surface area contributed by atoms with Gasteiger partial charge in [0, 0.05) is 17.6 Å². The van der Waals surface area contributed by atoms with Crippen LogP contribution in [0.4, 0.5) is 5.69 Å². The predicted octanol–water partition coefficient (Wildman–Crippen LogP) is 3.98. The molecule has 19 heavy (non-hydrogen) atoms. The summed E-state index contributed by atoms with van der Waals surface area (Å²) in [4.78, 5) is 14.6. The number of carbonyl (C=O) groups is 1. The number of amides is 1. The van der Waals surface area contributed by atoms with Crippen molar-refractivity contribution < 1.29 is 4.79 Å². The van der Waals surface area contributed by atoms with E-state index in [0.717, 1.165) is 19.3 Å². The lowest BCUT2D eigenvalue weighted by Gasteiger charge is -2.28. The van der Waals surface area contributed by atoms with Gasteiger partial charge in [-0.3, -0.25) is 4.79 Å². The summed E-state index contributed by atoms with van der Waals surface area (Å²) in [7, 11) is 0. The quantitative estimate of drug-likeness (QED) is 0.840. The van der Waals surface area contributed by atoms with Gasteiger partial charge >= 0.3 is 0 Å². The summed E-state index contributed by atoms with van der Waals surface area (Å²) in [6.07, 6.45) is 3.06. The molecule has 0 aliphatic carbocycles. The van der Waals surface area contributed by atoms with Gasteiger partial charge in [-0.25, -0.2) is 0 Å². The van der Waals surface area contributed by atoms with Crippen molar-refractivity contribution in [3.05, 3.63) is 27.7 Å². The van der Waals surface area contributed by atoms with E-state index >= 15 is 0 Å². The maximum atomic E-state index is 12.6. The number of nitrogens with zero attached hydrogens (tertiary/aromatic N) is 1. The summed E-state index contributed by atoms with van der Waals surface area (Å²) < 4.78 is 0. The van der Waals surface area contributed by atoms with Gasteiger partial charge in [-0.2, -0.15) is 0 Å². The van der Waals surface area contributed by atoms with Gasteiger partial charge in [0.2, 0.25) is 0 Å². The number of nitrogen functional groups attached to an aromatic ring is 1. The molecule has 0 spiro atoms. The highest BCUT2D eigenvalue weighted by atomic mass is 35.5. The maximum Gasteiger partial charge on any atom is 0.254 e. The average molecular weight is 301 g/mol. The number of nitrogens with two attached hydrogens (primary N) is 1. The lowest BCUT2D eigenvalue weighted by Crippen LogP contribution is -2.39. The van der Waals surface area contributed by atoms with E-state index in [2.05, 4.69) is 13.8 Å². The van der Waals surface area contributed by atoms with E-state index in [1.54, 1.807) is 12.1 Å². The van der Waals surface area contributed by atoms with Gasteiger partial charge < -0.3 is 10.6 Å². The van der Waals surface area contributed by atoms with E-state index in [0.29, 0.717) is 27.3 Å². The Morgan fingerprint density at radius 2 is 2.11 bits per heavy atom. The van der Waals surface area contributed by atoms with Crippen LogP contribution in [0.25, 0.3) is 0 Å². The van der Waals surface area contributed by atoms with Crippen LogP contribution in [-0.2, 0) is 0 Å². The summed E-state index contributed by atoms with van der Waals surface area (Å²) in [5.41, 5.74) is 6.63. The van der Waals surface area contributed by atoms with Gasteiger partial charge in [-0.15, -0.1) is 0 Å². The van der Waals surface area contributed by atoms with Crippen LogP contribution in [0.1, 0.15) is 43.5 Å². The van der Waals surface area contributed by atoms with E-state index in [1.807, 2.05) is 4.90 Å². The predicted molar refractivity (Wildman–Crippen MR) is 79.8 cm³/mol.